The first-order valence-corrected chi connectivity index (χ1v) is 7.67. The lowest BCUT2D eigenvalue weighted by molar-refractivity contribution is 0.144. The number of hydrogen-bond donors (Lipinski definition) is 1. The summed E-state index contributed by atoms with van der Waals surface area (Å²) in [7, 11) is 0. The minimum absolute atomic E-state index is 0.143. The van der Waals surface area contributed by atoms with Crippen LogP contribution in [0, 0.1) is 0 Å². The first-order chi connectivity index (χ1) is 10.1. The Morgan fingerprint density at radius 2 is 1.90 bits per heavy atom. The lowest BCUT2D eigenvalue weighted by atomic mass is 9.90. The van der Waals surface area contributed by atoms with Crippen molar-refractivity contribution < 1.29 is 9.84 Å². The highest BCUT2D eigenvalue weighted by molar-refractivity contribution is 5.39. The molecular formula is C19H22O2. The van der Waals surface area contributed by atoms with Crippen LogP contribution < -0.4 is 4.74 Å². The molecule has 0 fully saturated rings. The Morgan fingerprint density at radius 1 is 1.10 bits per heavy atom. The van der Waals surface area contributed by atoms with Crippen LogP contribution in [-0.2, 0) is 6.42 Å². The zero-order valence-corrected chi connectivity index (χ0v) is 12.6. The van der Waals surface area contributed by atoms with Crippen molar-refractivity contribution >= 4 is 0 Å². The van der Waals surface area contributed by atoms with Gasteiger partial charge in [-0.2, -0.15) is 0 Å². The van der Waals surface area contributed by atoms with Crippen molar-refractivity contribution in [3.63, 3.8) is 0 Å². The topological polar surface area (TPSA) is 29.5 Å². The molecule has 3 rings (SSSR count). The van der Waals surface area contributed by atoms with Gasteiger partial charge in [0.1, 0.15) is 5.75 Å². The molecule has 0 bridgehead atoms. The average Bonchev–Trinajstić information content (AvgIpc) is 2.90. The third-order valence-electron chi connectivity index (χ3n) is 4.13. The highest BCUT2D eigenvalue weighted by atomic mass is 16.5. The second-order valence-electron chi connectivity index (χ2n) is 6.03. The van der Waals surface area contributed by atoms with E-state index in [1.807, 2.05) is 38.1 Å². The molecule has 1 aliphatic rings. The van der Waals surface area contributed by atoms with Crippen LogP contribution in [-0.4, -0.2) is 11.2 Å². The van der Waals surface area contributed by atoms with Gasteiger partial charge in [-0.3, -0.25) is 0 Å². The molecule has 0 aliphatic heterocycles. The van der Waals surface area contributed by atoms with Crippen molar-refractivity contribution in [3.05, 3.63) is 65.2 Å². The van der Waals surface area contributed by atoms with E-state index in [1.54, 1.807) is 0 Å². The lowest BCUT2D eigenvalue weighted by Gasteiger charge is -2.20. The summed E-state index contributed by atoms with van der Waals surface area (Å²) >= 11 is 0. The average molecular weight is 282 g/mol. The Morgan fingerprint density at radius 3 is 2.71 bits per heavy atom. The molecule has 2 atom stereocenters. The molecule has 0 aromatic heterocycles. The fraction of sp³-hybridized carbons (Fsp3) is 0.368. The van der Waals surface area contributed by atoms with Gasteiger partial charge in [0.05, 0.1) is 12.2 Å². The molecule has 0 amide bonds. The number of ether oxygens (including phenoxy) is 1. The van der Waals surface area contributed by atoms with Gasteiger partial charge >= 0.3 is 0 Å². The van der Waals surface area contributed by atoms with E-state index in [1.165, 1.54) is 11.1 Å². The second-order valence-corrected chi connectivity index (χ2v) is 6.03. The van der Waals surface area contributed by atoms with Gasteiger partial charge in [0, 0.05) is 5.92 Å². The maximum absolute atomic E-state index is 10.8. The Labute approximate surface area is 126 Å². The van der Waals surface area contributed by atoms with Crippen molar-refractivity contribution in [2.24, 2.45) is 0 Å². The molecule has 2 heteroatoms. The van der Waals surface area contributed by atoms with E-state index in [4.69, 9.17) is 4.74 Å². The zero-order valence-electron chi connectivity index (χ0n) is 12.6. The maximum Gasteiger partial charge on any atom is 0.120 e. The maximum atomic E-state index is 10.8. The highest BCUT2D eigenvalue weighted by Gasteiger charge is 2.29. The molecule has 2 nitrogen and oxygen atoms in total. The lowest BCUT2D eigenvalue weighted by Crippen LogP contribution is -2.10. The van der Waals surface area contributed by atoms with E-state index >= 15 is 0 Å². The predicted molar refractivity (Wildman–Crippen MR) is 84.7 cm³/mol. The third-order valence-corrected chi connectivity index (χ3v) is 4.13. The fourth-order valence-electron chi connectivity index (χ4n) is 3.19. The zero-order chi connectivity index (χ0) is 14.8. The first-order valence-electron chi connectivity index (χ1n) is 7.67. The van der Waals surface area contributed by atoms with E-state index in [2.05, 4.69) is 24.3 Å². The minimum atomic E-state index is -0.468. The monoisotopic (exact) mass is 282 g/mol. The first kappa shape index (κ1) is 14.2. The van der Waals surface area contributed by atoms with Gasteiger partial charge < -0.3 is 9.84 Å². The molecule has 1 N–H and O–H groups in total. The van der Waals surface area contributed by atoms with Crippen LogP contribution in [0.2, 0.25) is 0 Å². The summed E-state index contributed by atoms with van der Waals surface area (Å²) in [4.78, 5) is 0. The van der Waals surface area contributed by atoms with Crippen LogP contribution in [0.25, 0.3) is 0 Å². The van der Waals surface area contributed by atoms with Gasteiger partial charge in [-0.25, -0.2) is 0 Å². The van der Waals surface area contributed by atoms with Gasteiger partial charge in [-0.15, -0.1) is 0 Å². The van der Waals surface area contributed by atoms with Gasteiger partial charge in [-0.1, -0.05) is 36.4 Å². The van der Waals surface area contributed by atoms with E-state index in [0.717, 1.165) is 24.2 Å². The number of hydrogen-bond acceptors (Lipinski definition) is 2. The van der Waals surface area contributed by atoms with E-state index in [-0.39, 0.29) is 12.0 Å². The smallest absolute Gasteiger partial charge is 0.120 e. The van der Waals surface area contributed by atoms with E-state index in [9.17, 15) is 5.11 Å². The molecule has 1 aliphatic carbocycles. The normalized spacial score (nSPS) is 18.6. The summed E-state index contributed by atoms with van der Waals surface area (Å²) in [5, 5.41) is 10.8. The third kappa shape index (κ3) is 2.96. The summed E-state index contributed by atoms with van der Waals surface area (Å²) < 4.78 is 5.73. The molecule has 0 saturated heterocycles. The molecule has 2 aromatic carbocycles. The van der Waals surface area contributed by atoms with Gasteiger partial charge in [-0.05, 0) is 55.5 Å². The van der Waals surface area contributed by atoms with Gasteiger partial charge in [0.25, 0.3) is 0 Å². The Hall–Kier alpha value is -1.80. The quantitative estimate of drug-likeness (QED) is 0.909. The number of aryl methyl sites for hydroxylation is 1. The van der Waals surface area contributed by atoms with E-state index < -0.39 is 6.10 Å². The van der Waals surface area contributed by atoms with Crippen molar-refractivity contribution in [2.75, 3.05) is 0 Å². The summed E-state index contributed by atoms with van der Waals surface area (Å²) in [5.74, 6) is 1.02. The minimum Gasteiger partial charge on any atom is -0.491 e. The van der Waals surface area contributed by atoms with Crippen LogP contribution in [0.3, 0.4) is 0 Å². The van der Waals surface area contributed by atoms with Gasteiger partial charge in [0.15, 0.2) is 0 Å². The number of aliphatic hydroxyl groups excluding tert-OH is 1. The number of rotatable bonds is 4. The van der Waals surface area contributed by atoms with Crippen molar-refractivity contribution in [1.29, 1.82) is 0 Å². The van der Waals surface area contributed by atoms with Crippen molar-refractivity contribution in [1.82, 2.24) is 0 Å². The fourth-order valence-corrected chi connectivity index (χ4v) is 3.19. The number of benzene rings is 2. The van der Waals surface area contributed by atoms with Crippen LogP contribution in [0.5, 0.6) is 5.75 Å². The predicted octanol–water partition coefficient (Wildman–Crippen LogP) is 4.24. The molecule has 0 spiro atoms. The number of aliphatic hydroxyl groups is 1. The SMILES string of the molecule is CC(C)Oc1cccc(C(O)C2CCc3ccccc32)c1. The van der Waals surface area contributed by atoms with Crippen molar-refractivity contribution in [3.8, 4) is 5.75 Å². The van der Waals surface area contributed by atoms with Gasteiger partial charge in [0.2, 0.25) is 0 Å². The molecule has 0 saturated carbocycles. The number of fused-ring (bicyclic) bond motifs is 1. The van der Waals surface area contributed by atoms with Crippen LogP contribution in [0.1, 0.15) is 49.0 Å². The molecular weight excluding hydrogens is 260 g/mol. The second kappa shape index (κ2) is 5.90. The molecule has 2 aromatic rings. The summed E-state index contributed by atoms with van der Waals surface area (Å²) in [5.41, 5.74) is 3.60. The molecule has 21 heavy (non-hydrogen) atoms. The summed E-state index contributed by atoms with van der Waals surface area (Å²) in [6.07, 6.45) is 1.74. The molecule has 0 heterocycles. The summed E-state index contributed by atoms with van der Waals surface area (Å²) in [6.45, 7) is 4.02. The molecule has 110 valence electrons. The van der Waals surface area contributed by atoms with Crippen molar-refractivity contribution in [2.45, 2.75) is 44.8 Å². The Bertz CT molecular complexity index is 618. The summed E-state index contributed by atoms with van der Waals surface area (Å²) in [6, 6.07) is 16.3. The van der Waals surface area contributed by atoms with Crippen LogP contribution in [0.4, 0.5) is 0 Å². The molecule has 0 radical (unpaired) electrons. The Kier molecular flexibility index (Phi) is 3.98. The van der Waals surface area contributed by atoms with E-state index in [0.29, 0.717) is 0 Å². The standard InChI is InChI=1S/C19H22O2/c1-13(2)21-16-8-5-7-15(12-16)19(20)18-11-10-14-6-3-4-9-17(14)18/h3-9,12-13,18-20H,10-11H2,1-2H3. The Balaban J connectivity index is 1.84. The van der Waals surface area contributed by atoms with Crippen LogP contribution >= 0.6 is 0 Å². The highest BCUT2D eigenvalue weighted by Crippen LogP contribution is 2.41. The molecule has 2 unspecified atom stereocenters. The van der Waals surface area contributed by atoms with Crippen LogP contribution in [0.15, 0.2) is 48.5 Å². The largest absolute Gasteiger partial charge is 0.491 e.